The second kappa shape index (κ2) is 9.12. The molecule has 0 aliphatic carbocycles. The lowest BCUT2D eigenvalue weighted by molar-refractivity contribution is 0.222. The Morgan fingerprint density at radius 3 is 1.42 bits per heavy atom. The maximum absolute atomic E-state index is 6.32. The zero-order valence-corrected chi connectivity index (χ0v) is 21.5. The number of para-hydroxylation sites is 3. The molecule has 7 rings (SSSR count). The average Bonchev–Trinajstić information content (AvgIpc) is 3.71. The lowest BCUT2D eigenvalue weighted by atomic mass is 10.2. The van der Waals surface area contributed by atoms with E-state index in [1.165, 1.54) is 11.8 Å². The minimum absolute atomic E-state index is 0.559. The van der Waals surface area contributed by atoms with Crippen molar-refractivity contribution in [1.82, 2.24) is 45.0 Å². The van der Waals surface area contributed by atoms with E-state index < -0.39 is 5.79 Å². The fraction of sp³-hybridized carbons (Fsp3) is 0.0741. The number of nitrogens with zero attached hydrogens (tertiary/aromatic N) is 9. The third kappa shape index (κ3) is 3.43. The highest BCUT2D eigenvalue weighted by molar-refractivity contribution is 8.22. The predicted molar refractivity (Wildman–Crippen MR) is 152 cm³/mol. The minimum atomic E-state index is -1.38. The highest BCUT2D eigenvalue weighted by Crippen LogP contribution is 2.36. The molecule has 7 aromatic rings. The number of hydrogen-bond acceptors (Lipinski definition) is 8. The number of hydrogen-bond donors (Lipinski definition) is 0. The predicted octanol–water partition coefficient (Wildman–Crippen LogP) is 4.89. The van der Waals surface area contributed by atoms with Gasteiger partial charge in [0.1, 0.15) is 20.7 Å². The molecule has 0 fully saturated rings. The van der Waals surface area contributed by atoms with Crippen LogP contribution in [0.15, 0.2) is 103 Å². The van der Waals surface area contributed by atoms with Gasteiger partial charge >= 0.3 is 0 Å². The molecule has 0 unspecified atom stereocenters. The van der Waals surface area contributed by atoms with Crippen molar-refractivity contribution in [2.45, 2.75) is 11.5 Å². The summed E-state index contributed by atoms with van der Waals surface area (Å²) in [5, 5.41) is 27.4. The van der Waals surface area contributed by atoms with Crippen molar-refractivity contribution in [1.29, 1.82) is 0 Å². The van der Waals surface area contributed by atoms with Crippen molar-refractivity contribution >= 4 is 61.3 Å². The van der Waals surface area contributed by atoms with Crippen LogP contribution < -0.4 is 0 Å². The average molecular weight is 534 g/mol. The van der Waals surface area contributed by atoms with Crippen molar-refractivity contribution in [3.05, 3.63) is 109 Å². The van der Waals surface area contributed by atoms with Gasteiger partial charge in [-0.05, 0) is 42.0 Å². The van der Waals surface area contributed by atoms with Crippen molar-refractivity contribution in [3.63, 3.8) is 0 Å². The van der Waals surface area contributed by atoms with Crippen LogP contribution in [-0.2, 0) is 11.5 Å². The summed E-state index contributed by atoms with van der Waals surface area (Å²) in [4.78, 5) is 0. The quantitative estimate of drug-likeness (QED) is 0.279. The van der Waals surface area contributed by atoms with Gasteiger partial charge in [-0.1, -0.05) is 94.6 Å². The van der Waals surface area contributed by atoms with Crippen LogP contribution in [0.1, 0.15) is 5.56 Å². The van der Waals surface area contributed by atoms with Gasteiger partial charge < -0.3 is 0 Å². The molecule has 0 saturated carbocycles. The summed E-state index contributed by atoms with van der Waals surface area (Å²) in [5.41, 5.74) is 5.63. The number of benzene rings is 4. The maximum Gasteiger partial charge on any atom is 0.298 e. The first-order chi connectivity index (χ1) is 18.8. The van der Waals surface area contributed by atoms with Crippen LogP contribution in [0.4, 0.5) is 0 Å². The van der Waals surface area contributed by atoms with Crippen molar-refractivity contribution < 1.29 is 0 Å². The Labute approximate surface area is 226 Å². The molecule has 184 valence electrons. The van der Waals surface area contributed by atoms with Crippen molar-refractivity contribution in [2.75, 3.05) is 0 Å². The molecule has 0 bridgehead atoms. The van der Waals surface area contributed by atoms with E-state index in [0.717, 1.165) is 38.7 Å². The molecule has 0 N–H and O–H groups in total. The first-order valence-corrected chi connectivity index (χ1v) is 13.3. The fourth-order valence-electron chi connectivity index (χ4n) is 4.65. The van der Waals surface area contributed by atoms with Gasteiger partial charge in [0, 0.05) is 5.75 Å². The smallest absolute Gasteiger partial charge is 0.191 e. The molecule has 4 aromatic carbocycles. The lowest BCUT2D eigenvalue weighted by Crippen LogP contribution is -2.54. The standard InChI is InChI=1S/C27H19N9S2/c37-26(38-18-19-10-2-1-3-11-19)27(34-23-15-7-4-12-20(23)28-31-34,35-24-16-8-5-13-21(24)29-32-35)36-25-17-9-6-14-22(25)30-33-36/h1-17H,18H2. The highest BCUT2D eigenvalue weighted by atomic mass is 32.2. The Morgan fingerprint density at radius 2 is 0.974 bits per heavy atom. The Kier molecular flexibility index (Phi) is 5.45. The summed E-state index contributed by atoms with van der Waals surface area (Å²) in [5.74, 6) is -0.732. The fourth-order valence-corrected chi connectivity index (χ4v) is 6.03. The number of thioether (sulfide) groups is 1. The van der Waals surface area contributed by atoms with Crippen LogP contribution in [0, 0.1) is 0 Å². The third-order valence-electron chi connectivity index (χ3n) is 6.43. The van der Waals surface area contributed by atoms with Gasteiger partial charge in [-0.15, -0.1) is 27.1 Å². The zero-order chi connectivity index (χ0) is 25.5. The van der Waals surface area contributed by atoms with Crippen LogP contribution in [0.25, 0.3) is 33.1 Å². The van der Waals surface area contributed by atoms with E-state index in [1.807, 2.05) is 91.0 Å². The molecule has 3 aromatic heterocycles. The van der Waals surface area contributed by atoms with Crippen molar-refractivity contribution in [3.8, 4) is 0 Å². The van der Waals surface area contributed by atoms with Gasteiger partial charge in [0.15, 0.2) is 0 Å². The molecule has 9 nitrogen and oxygen atoms in total. The number of rotatable bonds is 6. The van der Waals surface area contributed by atoms with Gasteiger partial charge in [0.05, 0.1) is 16.6 Å². The Bertz CT molecular complexity index is 1740. The van der Waals surface area contributed by atoms with E-state index in [4.69, 9.17) is 12.2 Å². The van der Waals surface area contributed by atoms with E-state index in [1.54, 1.807) is 14.0 Å². The summed E-state index contributed by atoms with van der Waals surface area (Å²) in [6, 6.07) is 33.5. The molecular formula is C27H19N9S2. The Balaban J connectivity index is 1.57. The van der Waals surface area contributed by atoms with Gasteiger partial charge in [0.2, 0.25) is 0 Å². The molecule has 11 heteroatoms. The molecule has 0 saturated heterocycles. The van der Waals surface area contributed by atoms with Gasteiger partial charge in [-0.25, -0.2) is 0 Å². The molecule has 0 amide bonds. The van der Waals surface area contributed by atoms with Gasteiger partial charge in [0.25, 0.3) is 5.79 Å². The zero-order valence-electron chi connectivity index (χ0n) is 19.9. The molecule has 38 heavy (non-hydrogen) atoms. The molecule has 0 radical (unpaired) electrons. The molecule has 0 atom stereocenters. The molecule has 0 aliphatic rings. The number of fused-ring (bicyclic) bond motifs is 3. The summed E-state index contributed by atoms with van der Waals surface area (Å²) in [6.07, 6.45) is 0. The van der Waals surface area contributed by atoms with Crippen LogP contribution in [-0.4, -0.2) is 49.2 Å². The number of thiocarbonyl (C=S) groups is 1. The van der Waals surface area contributed by atoms with E-state index in [-0.39, 0.29) is 0 Å². The summed E-state index contributed by atoms with van der Waals surface area (Å²) in [6.45, 7) is 0. The Hall–Kier alpha value is -4.48. The largest absolute Gasteiger partial charge is 0.298 e. The van der Waals surface area contributed by atoms with E-state index >= 15 is 0 Å². The van der Waals surface area contributed by atoms with Crippen LogP contribution in [0.5, 0.6) is 0 Å². The SMILES string of the molecule is S=C(SCc1ccccc1)C(n1nnc2ccccc21)(n1nnc2ccccc21)n1nnc2ccccc21. The first-order valence-electron chi connectivity index (χ1n) is 11.9. The molecule has 0 aliphatic heterocycles. The van der Waals surface area contributed by atoms with E-state index in [2.05, 4.69) is 43.1 Å². The summed E-state index contributed by atoms with van der Waals surface area (Å²) in [7, 11) is 0. The summed E-state index contributed by atoms with van der Waals surface area (Å²) < 4.78 is 5.91. The summed E-state index contributed by atoms with van der Waals surface area (Å²) >= 11 is 7.84. The first kappa shape index (κ1) is 22.7. The monoisotopic (exact) mass is 533 g/mol. The molecule has 3 heterocycles. The Morgan fingerprint density at radius 1 is 0.579 bits per heavy atom. The topological polar surface area (TPSA) is 92.1 Å². The van der Waals surface area contributed by atoms with E-state index in [9.17, 15) is 0 Å². The van der Waals surface area contributed by atoms with Gasteiger partial charge in [-0.3, -0.25) is 0 Å². The normalized spacial score (nSPS) is 12.0. The van der Waals surface area contributed by atoms with E-state index in [0.29, 0.717) is 9.95 Å². The second-order valence-corrected chi connectivity index (χ2v) is 10.3. The van der Waals surface area contributed by atoms with Crippen LogP contribution >= 0.6 is 24.0 Å². The number of aromatic nitrogens is 9. The lowest BCUT2D eigenvalue weighted by Gasteiger charge is -2.34. The molecular weight excluding hydrogens is 514 g/mol. The highest BCUT2D eigenvalue weighted by Gasteiger charge is 2.48. The minimum Gasteiger partial charge on any atom is -0.191 e. The molecule has 0 spiro atoms. The second-order valence-electron chi connectivity index (χ2n) is 8.67. The van der Waals surface area contributed by atoms with Gasteiger partial charge in [-0.2, -0.15) is 14.0 Å². The van der Waals surface area contributed by atoms with Crippen LogP contribution in [0.2, 0.25) is 0 Å². The third-order valence-corrected chi connectivity index (χ3v) is 8.07. The van der Waals surface area contributed by atoms with Crippen LogP contribution in [0.3, 0.4) is 0 Å². The maximum atomic E-state index is 6.32. The van der Waals surface area contributed by atoms with Crippen molar-refractivity contribution in [2.24, 2.45) is 0 Å².